The van der Waals surface area contributed by atoms with Crippen LogP contribution in [0.15, 0.2) is 0 Å². The lowest BCUT2D eigenvalue weighted by atomic mass is 10.7. The van der Waals surface area contributed by atoms with Crippen LogP contribution in [0.3, 0.4) is 0 Å². The first kappa shape index (κ1) is 13.6. The number of carbonyl (C=O) groups is 1. The van der Waals surface area contributed by atoms with Crippen molar-refractivity contribution in [2.45, 2.75) is 6.18 Å². The molecule has 10 heavy (non-hydrogen) atoms. The van der Waals surface area contributed by atoms with Crippen LogP contribution >= 0.6 is 25.8 Å². The highest BCUT2D eigenvalue weighted by molar-refractivity contribution is 9.47. The van der Waals surface area contributed by atoms with Crippen molar-refractivity contribution in [3.63, 3.8) is 0 Å². The van der Waals surface area contributed by atoms with E-state index in [0.717, 1.165) is 0 Å². The van der Waals surface area contributed by atoms with Gasteiger partial charge in [0, 0.05) is 0 Å². The Morgan fingerprint density at radius 3 is 1.50 bits per heavy atom. The van der Waals surface area contributed by atoms with E-state index < -0.39 is 12.1 Å². The summed E-state index contributed by atoms with van der Waals surface area (Å²) in [5.74, 6) is -2.76. The first-order valence-corrected chi connectivity index (χ1v) is 9.58. The van der Waals surface area contributed by atoms with Crippen molar-refractivity contribution < 1.29 is 23.1 Å². The molecule has 0 saturated carbocycles. The summed E-state index contributed by atoms with van der Waals surface area (Å²) in [6.45, 7) is 0. The number of aliphatic carboxylic acids is 1. The molecule has 0 bridgehead atoms. The lowest BCUT2D eigenvalue weighted by molar-refractivity contribution is -0.192. The zero-order valence-electron chi connectivity index (χ0n) is 4.45. The molecule has 0 amide bonds. The van der Waals surface area contributed by atoms with Crippen molar-refractivity contribution in [3.8, 4) is 0 Å². The molecule has 58 valence electrons. The van der Waals surface area contributed by atoms with E-state index in [2.05, 4.69) is 25.8 Å². The first-order valence-electron chi connectivity index (χ1n) is 1.78. The van der Waals surface area contributed by atoms with Crippen LogP contribution in [-0.2, 0) is 4.79 Å². The molecular weight excluding hydrogens is 297 g/mol. The van der Waals surface area contributed by atoms with Crippen LogP contribution in [0.5, 0.6) is 0 Å². The van der Waals surface area contributed by atoms with Gasteiger partial charge >= 0.3 is 28.2 Å². The molecule has 0 radical (unpaired) electrons. The van der Waals surface area contributed by atoms with E-state index in [0.29, 0.717) is 0 Å². The molecule has 1 N–H and O–H groups in total. The van der Waals surface area contributed by atoms with Gasteiger partial charge in [-0.2, -0.15) is 13.2 Å². The molecule has 0 unspecified atom stereocenters. The highest BCUT2D eigenvalue weighted by Gasteiger charge is 2.38. The summed E-state index contributed by atoms with van der Waals surface area (Å²) >= 11 is 6.44. The second kappa shape index (κ2) is 6.68. The highest BCUT2D eigenvalue weighted by Crippen LogP contribution is 2.13. The average molecular weight is 298 g/mol. The van der Waals surface area contributed by atoms with Gasteiger partial charge in [-0.15, -0.1) is 0 Å². The third kappa shape index (κ3) is 11.7. The summed E-state index contributed by atoms with van der Waals surface area (Å²) in [6.07, 6.45) is -5.08. The summed E-state index contributed by atoms with van der Waals surface area (Å²) in [4.78, 5) is 8.90. The largest absolute Gasteiger partial charge is 0.560 e. The normalized spacial score (nSPS) is 8.90. The fourth-order valence-electron chi connectivity index (χ4n) is 0. The molecule has 0 aromatic rings. The topological polar surface area (TPSA) is 37.3 Å². The fourth-order valence-corrected chi connectivity index (χ4v) is 0. The Hall–Kier alpha value is 0.986. The molecule has 0 aliphatic rings. The number of carboxylic acid groups (broad SMARTS) is 1. The Balaban J connectivity index is 0. The molecule has 0 spiro atoms. The standard InChI is InChI=1S/C2HF3O2.2BrH.Mg/c3-2(4,5)1(6)7;;;/h(H,6,7);2*1H;/q;;;+2/p-2. The summed E-state index contributed by atoms with van der Waals surface area (Å²) in [5.41, 5.74) is 0. The molecule has 0 heterocycles. The molecule has 0 fully saturated rings. The number of halogens is 5. The molecule has 2 nitrogen and oxygen atoms in total. The second-order valence-corrected chi connectivity index (χ2v) is 8.99. The van der Waals surface area contributed by atoms with Crippen LogP contribution in [0, 0.1) is 0 Å². The Morgan fingerprint density at radius 2 is 1.50 bits per heavy atom. The van der Waals surface area contributed by atoms with E-state index in [1.54, 1.807) is 0 Å². The predicted octanol–water partition coefficient (Wildman–Crippen LogP) is 1.94. The Morgan fingerprint density at radius 1 is 1.40 bits per heavy atom. The van der Waals surface area contributed by atoms with E-state index >= 15 is 0 Å². The Bertz CT molecular complexity index is 105. The van der Waals surface area contributed by atoms with E-state index in [-0.39, 0.29) is 16.0 Å². The van der Waals surface area contributed by atoms with Crippen LogP contribution in [0.1, 0.15) is 0 Å². The number of carboxylic acids is 1. The van der Waals surface area contributed by atoms with Crippen LogP contribution in [0.4, 0.5) is 13.2 Å². The zero-order chi connectivity index (χ0) is 8.78. The molecule has 0 rings (SSSR count). The number of alkyl halides is 3. The van der Waals surface area contributed by atoms with Crippen molar-refractivity contribution in [3.05, 3.63) is 0 Å². The van der Waals surface area contributed by atoms with Gasteiger partial charge in [0.15, 0.2) is 0 Å². The van der Waals surface area contributed by atoms with Crippen LogP contribution in [0.2, 0.25) is 0 Å². The molecular formula is C2HBr2F3MgO2. The third-order valence-corrected chi connectivity index (χ3v) is 0.243. The molecule has 0 aliphatic carbocycles. The van der Waals surface area contributed by atoms with Gasteiger partial charge in [-0.25, -0.2) is 4.79 Å². The lowest BCUT2D eigenvalue weighted by Crippen LogP contribution is -2.21. The predicted molar refractivity (Wildman–Crippen MR) is 37.3 cm³/mol. The van der Waals surface area contributed by atoms with Crippen LogP contribution < -0.4 is 0 Å². The number of rotatable bonds is 0. The Kier molecular flexibility index (Phi) is 9.06. The van der Waals surface area contributed by atoms with Gasteiger partial charge in [-0.3, -0.25) is 25.8 Å². The molecule has 0 atom stereocenters. The molecule has 0 aliphatic heterocycles. The van der Waals surface area contributed by atoms with Crippen LogP contribution in [0.25, 0.3) is 0 Å². The highest BCUT2D eigenvalue weighted by atomic mass is 79.9. The van der Waals surface area contributed by atoms with E-state index in [9.17, 15) is 13.2 Å². The zero-order valence-corrected chi connectivity index (χ0v) is 9.04. The van der Waals surface area contributed by atoms with Gasteiger partial charge in [-0.05, 0) is 0 Å². The minimum atomic E-state index is -5.08. The van der Waals surface area contributed by atoms with Gasteiger partial charge in [0.1, 0.15) is 0 Å². The average Bonchev–Trinajstić information content (AvgIpc) is 1.64. The van der Waals surface area contributed by atoms with E-state index in [1.807, 2.05) is 0 Å². The molecule has 0 aromatic carbocycles. The summed E-state index contributed by atoms with van der Waals surface area (Å²) in [5, 5.41) is 7.12. The molecule has 0 saturated heterocycles. The van der Waals surface area contributed by atoms with Gasteiger partial charge in [0.2, 0.25) is 0 Å². The van der Waals surface area contributed by atoms with Crippen molar-refractivity contribution in [2.75, 3.05) is 0 Å². The molecule has 8 heteroatoms. The van der Waals surface area contributed by atoms with Crippen LogP contribution in [-0.4, -0.2) is 33.3 Å². The minimum Gasteiger partial charge on any atom is -0.475 e. The quantitative estimate of drug-likeness (QED) is 0.694. The van der Waals surface area contributed by atoms with Gasteiger partial charge in [0.25, 0.3) is 0 Å². The van der Waals surface area contributed by atoms with Gasteiger partial charge in [-0.1, -0.05) is 0 Å². The van der Waals surface area contributed by atoms with E-state index in [4.69, 9.17) is 9.90 Å². The maximum Gasteiger partial charge on any atom is 0.560 e. The van der Waals surface area contributed by atoms with Crippen molar-refractivity contribution in [2.24, 2.45) is 0 Å². The van der Waals surface area contributed by atoms with Gasteiger partial charge < -0.3 is 5.11 Å². The summed E-state index contributed by atoms with van der Waals surface area (Å²) < 4.78 is 31.7. The van der Waals surface area contributed by atoms with E-state index in [1.165, 1.54) is 0 Å². The second-order valence-electron chi connectivity index (χ2n) is 0.904. The maximum atomic E-state index is 10.6. The first-order chi connectivity index (χ1) is 4.36. The number of hydrogen-bond donors (Lipinski definition) is 1. The van der Waals surface area contributed by atoms with Crippen molar-refractivity contribution >= 4 is 47.8 Å². The molecule has 0 aromatic heterocycles. The van der Waals surface area contributed by atoms with Crippen molar-refractivity contribution in [1.29, 1.82) is 0 Å². The smallest absolute Gasteiger partial charge is 0.475 e. The monoisotopic (exact) mass is 296 g/mol. The van der Waals surface area contributed by atoms with Crippen molar-refractivity contribution in [1.82, 2.24) is 0 Å². The van der Waals surface area contributed by atoms with Gasteiger partial charge in [0.05, 0.1) is 0 Å². The summed E-state index contributed by atoms with van der Waals surface area (Å²) in [6, 6.07) is 0. The number of hydrogen-bond acceptors (Lipinski definition) is 1. The fraction of sp³-hybridized carbons (Fsp3) is 0.500. The SMILES string of the molecule is O=C(O)C(F)(F)F.[Br][Mg][Br]. The lowest BCUT2D eigenvalue weighted by Gasteiger charge is -1.93. The minimum absolute atomic E-state index is 0.0417. The maximum absolute atomic E-state index is 10.6. The Labute approximate surface area is 76.6 Å². The third-order valence-electron chi connectivity index (χ3n) is 0.243. The summed E-state index contributed by atoms with van der Waals surface area (Å²) in [7, 11) is 0.